The van der Waals surface area contributed by atoms with E-state index in [1.807, 2.05) is 36.4 Å². The SMILES string of the molecule is Cc1nc2cc(C(=O)NCCC(C)C)ccc2n(Cc2ccccc2)c1=O. The number of aryl methyl sites for hydroxylation is 1. The van der Waals surface area contributed by atoms with Crippen LogP contribution in [-0.4, -0.2) is 22.0 Å². The van der Waals surface area contributed by atoms with Gasteiger partial charge in [0.1, 0.15) is 5.69 Å². The van der Waals surface area contributed by atoms with Gasteiger partial charge in [0.2, 0.25) is 0 Å². The largest absolute Gasteiger partial charge is 0.352 e. The number of hydrogen-bond acceptors (Lipinski definition) is 3. The number of benzene rings is 2. The minimum atomic E-state index is -0.113. The van der Waals surface area contributed by atoms with Crippen molar-refractivity contribution in [2.75, 3.05) is 6.54 Å². The molecule has 0 aliphatic heterocycles. The van der Waals surface area contributed by atoms with Crippen molar-refractivity contribution in [3.63, 3.8) is 0 Å². The monoisotopic (exact) mass is 363 g/mol. The minimum Gasteiger partial charge on any atom is -0.352 e. The number of carbonyl (C=O) groups is 1. The summed E-state index contributed by atoms with van der Waals surface area (Å²) in [6, 6.07) is 15.2. The highest BCUT2D eigenvalue weighted by atomic mass is 16.1. The van der Waals surface area contributed by atoms with Gasteiger partial charge in [-0.25, -0.2) is 4.98 Å². The highest BCUT2D eigenvalue weighted by Crippen LogP contribution is 2.15. The second-order valence-corrected chi connectivity index (χ2v) is 7.22. The van der Waals surface area contributed by atoms with Gasteiger partial charge in [0.25, 0.3) is 11.5 Å². The van der Waals surface area contributed by atoms with E-state index in [0.29, 0.717) is 35.8 Å². The first kappa shape index (κ1) is 18.8. The second kappa shape index (κ2) is 8.16. The molecule has 0 saturated heterocycles. The predicted molar refractivity (Wildman–Crippen MR) is 108 cm³/mol. The summed E-state index contributed by atoms with van der Waals surface area (Å²) in [5.74, 6) is 0.427. The highest BCUT2D eigenvalue weighted by molar-refractivity contribution is 5.97. The van der Waals surface area contributed by atoms with E-state index < -0.39 is 0 Å². The van der Waals surface area contributed by atoms with Crippen molar-refractivity contribution in [1.82, 2.24) is 14.9 Å². The maximum absolute atomic E-state index is 12.6. The molecule has 0 aliphatic carbocycles. The molecule has 0 bridgehead atoms. The Bertz CT molecular complexity index is 1010. The zero-order chi connectivity index (χ0) is 19.4. The summed E-state index contributed by atoms with van der Waals surface area (Å²) in [6.45, 7) is 7.08. The first-order valence-electron chi connectivity index (χ1n) is 9.29. The van der Waals surface area contributed by atoms with Crippen molar-refractivity contribution in [1.29, 1.82) is 0 Å². The third-order valence-electron chi connectivity index (χ3n) is 4.56. The van der Waals surface area contributed by atoms with Crippen molar-refractivity contribution < 1.29 is 4.79 Å². The molecule has 3 rings (SSSR count). The highest BCUT2D eigenvalue weighted by Gasteiger charge is 2.12. The Labute approximate surface area is 159 Å². The smallest absolute Gasteiger partial charge is 0.272 e. The van der Waals surface area contributed by atoms with E-state index in [2.05, 4.69) is 24.1 Å². The number of nitrogens with one attached hydrogen (secondary N) is 1. The van der Waals surface area contributed by atoms with Crippen LogP contribution in [0.3, 0.4) is 0 Å². The third-order valence-corrected chi connectivity index (χ3v) is 4.56. The summed E-state index contributed by atoms with van der Waals surface area (Å²) in [4.78, 5) is 29.4. The Morgan fingerprint density at radius 2 is 1.89 bits per heavy atom. The molecule has 0 spiro atoms. The van der Waals surface area contributed by atoms with E-state index in [4.69, 9.17) is 0 Å². The van der Waals surface area contributed by atoms with E-state index in [-0.39, 0.29) is 11.5 Å². The van der Waals surface area contributed by atoms with Crippen molar-refractivity contribution in [2.45, 2.75) is 33.7 Å². The molecule has 0 saturated carbocycles. The fraction of sp³-hybridized carbons (Fsp3) is 0.318. The van der Waals surface area contributed by atoms with Crippen LogP contribution in [0.5, 0.6) is 0 Å². The van der Waals surface area contributed by atoms with Crippen LogP contribution in [0.4, 0.5) is 0 Å². The Morgan fingerprint density at radius 1 is 1.15 bits per heavy atom. The van der Waals surface area contributed by atoms with Crippen molar-refractivity contribution in [2.24, 2.45) is 5.92 Å². The summed E-state index contributed by atoms with van der Waals surface area (Å²) in [5.41, 5.74) is 3.30. The Hall–Kier alpha value is -2.95. The maximum Gasteiger partial charge on any atom is 0.272 e. The zero-order valence-electron chi connectivity index (χ0n) is 16.0. The number of hydrogen-bond donors (Lipinski definition) is 1. The van der Waals surface area contributed by atoms with Crippen molar-refractivity contribution >= 4 is 16.9 Å². The van der Waals surface area contributed by atoms with Crippen LogP contribution >= 0.6 is 0 Å². The first-order chi connectivity index (χ1) is 13.0. The normalized spacial score (nSPS) is 11.1. The number of fused-ring (bicyclic) bond motifs is 1. The fourth-order valence-corrected chi connectivity index (χ4v) is 3.02. The lowest BCUT2D eigenvalue weighted by molar-refractivity contribution is 0.0952. The second-order valence-electron chi connectivity index (χ2n) is 7.22. The lowest BCUT2D eigenvalue weighted by atomic mass is 10.1. The molecular formula is C22H25N3O2. The van der Waals surface area contributed by atoms with Crippen LogP contribution in [0, 0.1) is 12.8 Å². The quantitative estimate of drug-likeness (QED) is 0.729. The van der Waals surface area contributed by atoms with Gasteiger partial charge in [0, 0.05) is 12.1 Å². The van der Waals surface area contributed by atoms with Gasteiger partial charge in [0.15, 0.2) is 0 Å². The van der Waals surface area contributed by atoms with E-state index in [0.717, 1.165) is 17.5 Å². The van der Waals surface area contributed by atoms with Gasteiger partial charge in [0.05, 0.1) is 17.6 Å². The summed E-state index contributed by atoms with van der Waals surface area (Å²) in [5, 5.41) is 2.94. The standard InChI is InChI=1S/C22H25N3O2/c1-15(2)11-12-23-21(26)18-9-10-20-19(13-18)24-16(3)22(27)25(20)14-17-7-5-4-6-8-17/h4-10,13,15H,11-12,14H2,1-3H3,(H,23,26). The molecule has 1 amide bonds. The van der Waals surface area contributed by atoms with Gasteiger partial charge in [-0.2, -0.15) is 0 Å². The average Bonchev–Trinajstić information content (AvgIpc) is 2.65. The first-order valence-corrected chi connectivity index (χ1v) is 9.29. The third kappa shape index (κ3) is 4.42. The Kier molecular flexibility index (Phi) is 5.69. The Morgan fingerprint density at radius 3 is 2.59 bits per heavy atom. The van der Waals surface area contributed by atoms with Crippen LogP contribution < -0.4 is 10.9 Å². The topological polar surface area (TPSA) is 64.0 Å². The summed E-state index contributed by atoms with van der Waals surface area (Å²) >= 11 is 0. The predicted octanol–water partition coefficient (Wildman–Crippen LogP) is 3.53. The molecule has 2 aromatic carbocycles. The van der Waals surface area contributed by atoms with E-state index in [1.54, 1.807) is 23.6 Å². The van der Waals surface area contributed by atoms with E-state index in [9.17, 15) is 9.59 Å². The lowest BCUT2D eigenvalue weighted by Gasteiger charge is -2.13. The molecule has 3 aromatic rings. The number of rotatable bonds is 6. The van der Waals surface area contributed by atoms with Crippen molar-refractivity contribution in [3.8, 4) is 0 Å². The zero-order valence-corrected chi connectivity index (χ0v) is 16.0. The van der Waals surface area contributed by atoms with Crippen LogP contribution in [0.25, 0.3) is 11.0 Å². The summed E-state index contributed by atoms with van der Waals surface area (Å²) in [6.07, 6.45) is 0.938. The average molecular weight is 363 g/mol. The number of aromatic nitrogens is 2. The van der Waals surface area contributed by atoms with Crippen LogP contribution in [-0.2, 0) is 6.54 Å². The van der Waals surface area contributed by atoms with E-state index >= 15 is 0 Å². The van der Waals surface area contributed by atoms with Crippen LogP contribution in [0.2, 0.25) is 0 Å². The van der Waals surface area contributed by atoms with Gasteiger partial charge in [-0.15, -0.1) is 0 Å². The number of amides is 1. The van der Waals surface area contributed by atoms with E-state index in [1.165, 1.54) is 0 Å². The molecule has 140 valence electrons. The molecule has 27 heavy (non-hydrogen) atoms. The van der Waals surface area contributed by atoms with Gasteiger partial charge >= 0.3 is 0 Å². The molecule has 0 atom stereocenters. The molecule has 1 aromatic heterocycles. The molecule has 0 unspecified atom stereocenters. The summed E-state index contributed by atoms with van der Waals surface area (Å²) < 4.78 is 1.72. The van der Waals surface area contributed by atoms with Gasteiger partial charge < -0.3 is 9.88 Å². The molecule has 0 radical (unpaired) electrons. The molecule has 1 heterocycles. The van der Waals surface area contributed by atoms with Gasteiger partial charge in [-0.1, -0.05) is 44.2 Å². The molecule has 5 nitrogen and oxygen atoms in total. The van der Waals surface area contributed by atoms with Gasteiger partial charge in [-0.05, 0) is 43.0 Å². The minimum absolute atomic E-state index is 0.111. The fourth-order valence-electron chi connectivity index (χ4n) is 3.02. The molecule has 1 N–H and O–H groups in total. The summed E-state index contributed by atoms with van der Waals surface area (Å²) in [7, 11) is 0. The molecule has 5 heteroatoms. The van der Waals surface area contributed by atoms with Crippen molar-refractivity contribution in [3.05, 3.63) is 75.7 Å². The maximum atomic E-state index is 12.6. The molecule has 0 fully saturated rings. The molecular weight excluding hydrogens is 338 g/mol. The number of nitrogens with zero attached hydrogens (tertiary/aromatic N) is 2. The molecule has 0 aliphatic rings. The Balaban J connectivity index is 1.94. The number of carbonyl (C=O) groups excluding carboxylic acids is 1. The van der Waals surface area contributed by atoms with Crippen LogP contribution in [0.15, 0.2) is 53.3 Å². The lowest BCUT2D eigenvalue weighted by Crippen LogP contribution is -2.26. The van der Waals surface area contributed by atoms with Crippen LogP contribution in [0.1, 0.15) is 41.9 Å². The van der Waals surface area contributed by atoms with Gasteiger partial charge in [-0.3, -0.25) is 9.59 Å².